The number of halogens is 1. The Bertz CT molecular complexity index is 625. The minimum absolute atomic E-state index is 0.0222. The summed E-state index contributed by atoms with van der Waals surface area (Å²) in [6.07, 6.45) is 1.66. The average molecular weight is 338 g/mol. The van der Waals surface area contributed by atoms with Crippen molar-refractivity contribution in [3.8, 4) is 0 Å². The van der Waals surface area contributed by atoms with E-state index in [-0.39, 0.29) is 34.5 Å². The van der Waals surface area contributed by atoms with Gasteiger partial charge in [0.2, 0.25) is 0 Å². The highest BCUT2D eigenvalue weighted by Crippen LogP contribution is 2.34. The van der Waals surface area contributed by atoms with E-state index in [2.05, 4.69) is 0 Å². The number of carbonyl (C=O) groups is 3. The Hall–Kier alpha value is -1.88. The lowest BCUT2D eigenvalue weighted by molar-refractivity contribution is -0.119. The van der Waals surface area contributed by atoms with Crippen LogP contribution in [0.5, 0.6) is 0 Å². The summed E-state index contributed by atoms with van der Waals surface area (Å²) in [5.74, 6) is -0.334. The van der Waals surface area contributed by atoms with Crippen LogP contribution in [0, 0.1) is 5.92 Å². The lowest BCUT2D eigenvalue weighted by Gasteiger charge is -2.24. The first-order valence-corrected chi connectivity index (χ1v) is 8.07. The number of ether oxygens (including phenoxy) is 1. The molecular weight excluding hydrogens is 318 g/mol. The molecule has 1 aliphatic rings. The standard InChI is InChI=1S/C17H20ClNO4/c1-3-9-19(17(22)23-2)16-12(5-4-6-13(16)18)15(21)10-14(20)11-7-8-11/h4-6,11H,3,7-10H2,1-2H3. The molecule has 0 aliphatic heterocycles. The molecular formula is C17H20ClNO4. The van der Waals surface area contributed by atoms with Crippen molar-refractivity contribution in [3.63, 3.8) is 0 Å². The Morgan fingerprint density at radius 3 is 2.57 bits per heavy atom. The molecule has 2 rings (SSSR count). The van der Waals surface area contributed by atoms with Crippen molar-refractivity contribution in [2.24, 2.45) is 5.92 Å². The largest absolute Gasteiger partial charge is 0.452 e. The van der Waals surface area contributed by atoms with E-state index in [1.165, 1.54) is 12.0 Å². The van der Waals surface area contributed by atoms with Gasteiger partial charge in [0.25, 0.3) is 0 Å². The van der Waals surface area contributed by atoms with Gasteiger partial charge in [0.1, 0.15) is 5.78 Å². The smallest absolute Gasteiger partial charge is 0.414 e. The van der Waals surface area contributed by atoms with Gasteiger partial charge in [-0.25, -0.2) is 4.79 Å². The lowest BCUT2D eigenvalue weighted by Crippen LogP contribution is -2.33. The van der Waals surface area contributed by atoms with Crippen LogP contribution in [-0.4, -0.2) is 31.3 Å². The number of benzene rings is 1. The van der Waals surface area contributed by atoms with E-state index >= 15 is 0 Å². The van der Waals surface area contributed by atoms with E-state index in [1.807, 2.05) is 6.92 Å². The van der Waals surface area contributed by atoms with E-state index < -0.39 is 6.09 Å². The fourth-order valence-corrected chi connectivity index (χ4v) is 2.72. The molecule has 23 heavy (non-hydrogen) atoms. The monoisotopic (exact) mass is 337 g/mol. The number of Topliss-reactive ketones (excluding diaryl/α,β-unsaturated/α-hetero) is 2. The third-order valence-electron chi connectivity index (χ3n) is 3.77. The van der Waals surface area contributed by atoms with Crippen LogP contribution in [0.25, 0.3) is 0 Å². The molecule has 5 nitrogen and oxygen atoms in total. The molecule has 0 aromatic heterocycles. The maximum absolute atomic E-state index is 12.5. The van der Waals surface area contributed by atoms with Gasteiger partial charge in [0.05, 0.1) is 24.2 Å². The fourth-order valence-electron chi connectivity index (χ4n) is 2.45. The SMILES string of the molecule is CCCN(C(=O)OC)c1c(Cl)cccc1C(=O)CC(=O)C1CC1. The second-order valence-corrected chi connectivity index (χ2v) is 6.01. The molecule has 0 saturated heterocycles. The molecule has 0 heterocycles. The van der Waals surface area contributed by atoms with Gasteiger partial charge in [-0.1, -0.05) is 24.6 Å². The molecule has 1 saturated carbocycles. The van der Waals surface area contributed by atoms with E-state index in [1.54, 1.807) is 18.2 Å². The van der Waals surface area contributed by atoms with Gasteiger partial charge in [0.15, 0.2) is 5.78 Å². The second kappa shape index (κ2) is 7.59. The molecule has 0 radical (unpaired) electrons. The van der Waals surface area contributed by atoms with Crippen molar-refractivity contribution in [1.29, 1.82) is 0 Å². The highest BCUT2D eigenvalue weighted by Gasteiger charge is 2.32. The number of anilines is 1. The number of nitrogens with zero attached hydrogens (tertiary/aromatic N) is 1. The fraction of sp³-hybridized carbons (Fsp3) is 0.471. The van der Waals surface area contributed by atoms with Crippen LogP contribution in [-0.2, 0) is 9.53 Å². The summed E-state index contributed by atoms with van der Waals surface area (Å²) in [4.78, 5) is 37.8. The first-order chi connectivity index (χ1) is 11.0. The summed E-state index contributed by atoms with van der Waals surface area (Å²) < 4.78 is 4.79. The molecule has 0 atom stereocenters. The predicted octanol–water partition coefficient (Wildman–Crippen LogP) is 3.87. The topological polar surface area (TPSA) is 63.7 Å². The number of carbonyl (C=O) groups excluding carboxylic acids is 3. The quantitative estimate of drug-likeness (QED) is 0.559. The molecule has 1 aliphatic carbocycles. The Balaban J connectivity index is 2.35. The molecule has 1 fully saturated rings. The van der Waals surface area contributed by atoms with Crippen molar-refractivity contribution in [2.75, 3.05) is 18.6 Å². The van der Waals surface area contributed by atoms with Crippen LogP contribution in [0.4, 0.5) is 10.5 Å². The van der Waals surface area contributed by atoms with Crippen LogP contribution in [0.3, 0.4) is 0 Å². The van der Waals surface area contributed by atoms with E-state index in [9.17, 15) is 14.4 Å². The molecule has 0 spiro atoms. The summed E-state index contributed by atoms with van der Waals surface area (Å²) in [7, 11) is 1.28. The maximum Gasteiger partial charge on any atom is 0.414 e. The predicted molar refractivity (Wildman–Crippen MR) is 88.2 cm³/mol. The summed E-state index contributed by atoms with van der Waals surface area (Å²) in [6, 6.07) is 4.85. The summed E-state index contributed by atoms with van der Waals surface area (Å²) in [6.45, 7) is 2.28. The molecule has 0 bridgehead atoms. The van der Waals surface area contributed by atoms with E-state index in [4.69, 9.17) is 16.3 Å². The first kappa shape index (κ1) is 17.5. The Morgan fingerprint density at radius 1 is 1.30 bits per heavy atom. The Morgan fingerprint density at radius 2 is 2.00 bits per heavy atom. The third kappa shape index (κ3) is 4.10. The second-order valence-electron chi connectivity index (χ2n) is 5.60. The maximum atomic E-state index is 12.5. The number of rotatable bonds is 7. The average Bonchev–Trinajstić information content (AvgIpc) is 3.37. The summed E-state index contributed by atoms with van der Waals surface area (Å²) >= 11 is 6.23. The van der Waals surface area contributed by atoms with Gasteiger partial charge >= 0.3 is 6.09 Å². The Kier molecular flexibility index (Phi) is 5.77. The number of hydrogen-bond donors (Lipinski definition) is 0. The van der Waals surface area contributed by atoms with Gasteiger partial charge < -0.3 is 4.74 Å². The highest BCUT2D eigenvalue weighted by atomic mass is 35.5. The summed E-state index contributed by atoms with van der Waals surface area (Å²) in [5, 5.41) is 0.286. The molecule has 1 aromatic carbocycles. The minimum Gasteiger partial charge on any atom is -0.452 e. The van der Waals surface area contributed by atoms with Gasteiger partial charge in [-0.3, -0.25) is 14.5 Å². The normalized spacial score (nSPS) is 13.5. The van der Waals surface area contributed by atoms with Crippen LogP contribution in [0.15, 0.2) is 18.2 Å². The first-order valence-electron chi connectivity index (χ1n) is 7.69. The molecule has 1 amide bonds. The van der Waals surface area contributed by atoms with Crippen molar-refractivity contribution in [2.45, 2.75) is 32.6 Å². The molecule has 6 heteroatoms. The van der Waals surface area contributed by atoms with Crippen molar-refractivity contribution in [1.82, 2.24) is 0 Å². The zero-order chi connectivity index (χ0) is 17.0. The van der Waals surface area contributed by atoms with Crippen molar-refractivity contribution >= 4 is 34.9 Å². The molecule has 1 aromatic rings. The highest BCUT2D eigenvalue weighted by molar-refractivity contribution is 6.35. The molecule has 0 unspecified atom stereocenters. The third-order valence-corrected chi connectivity index (χ3v) is 4.07. The van der Waals surface area contributed by atoms with Crippen LogP contribution in [0.1, 0.15) is 43.0 Å². The number of ketones is 2. The number of methoxy groups -OCH3 is 1. The van der Waals surface area contributed by atoms with Crippen molar-refractivity contribution in [3.05, 3.63) is 28.8 Å². The number of para-hydroxylation sites is 1. The van der Waals surface area contributed by atoms with Crippen LogP contribution in [0.2, 0.25) is 5.02 Å². The minimum atomic E-state index is -0.581. The van der Waals surface area contributed by atoms with Crippen LogP contribution >= 0.6 is 11.6 Å². The van der Waals surface area contributed by atoms with Gasteiger partial charge in [-0.15, -0.1) is 0 Å². The Labute approximate surface area is 140 Å². The van der Waals surface area contributed by atoms with Gasteiger partial charge in [0, 0.05) is 18.0 Å². The van der Waals surface area contributed by atoms with Gasteiger partial charge in [-0.05, 0) is 31.4 Å². The zero-order valence-electron chi connectivity index (χ0n) is 13.3. The van der Waals surface area contributed by atoms with Crippen LogP contribution < -0.4 is 4.90 Å². The summed E-state index contributed by atoms with van der Waals surface area (Å²) in [5.41, 5.74) is 0.599. The zero-order valence-corrected chi connectivity index (χ0v) is 14.1. The van der Waals surface area contributed by atoms with E-state index in [0.29, 0.717) is 18.7 Å². The molecule has 124 valence electrons. The van der Waals surface area contributed by atoms with Crippen molar-refractivity contribution < 1.29 is 19.1 Å². The molecule has 0 N–H and O–H groups in total. The van der Waals surface area contributed by atoms with Gasteiger partial charge in [-0.2, -0.15) is 0 Å². The number of hydrogen-bond acceptors (Lipinski definition) is 4. The lowest BCUT2D eigenvalue weighted by atomic mass is 10.0. The number of amides is 1. The van der Waals surface area contributed by atoms with E-state index in [0.717, 1.165) is 12.8 Å².